The molecule has 0 amide bonds. The third-order valence-corrected chi connectivity index (χ3v) is 13.4. The van der Waals surface area contributed by atoms with Gasteiger partial charge in [-0.3, -0.25) is 0 Å². The molecule has 278 valence electrons. The average molecular weight is 774 g/mol. The summed E-state index contributed by atoms with van der Waals surface area (Å²) in [7, 11) is 0. The molecule has 0 saturated carbocycles. The van der Waals surface area contributed by atoms with Crippen molar-refractivity contribution in [3.05, 3.63) is 187 Å². The molecular weight excluding hydrogens is 739 g/mol. The lowest BCUT2D eigenvalue weighted by molar-refractivity contribution is 0.660. The fourth-order valence-electron chi connectivity index (χ4n) is 9.32. The van der Waals surface area contributed by atoms with Crippen LogP contribution in [0.1, 0.15) is 25.0 Å². The lowest BCUT2D eigenvalue weighted by atomic mass is 9.82. The van der Waals surface area contributed by atoms with Crippen molar-refractivity contribution in [1.29, 1.82) is 0 Å². The van der Waals surface area contributed by atoms with Gasteiger partial charge < -0.3 is 4.42 Å². The van der Waals surface area contributed by atoms with Gasteiger partial charge in [0.2, 0.25) is 0 Å². The van der Waals surface area contributed by atoms with Crippen LogP contribution in [-0.4, -0.2) is 15.0 Å². The summed E-state index contributed by atoms with van der Waals surface area (Å²) in [5, 5.41) is 4.60. The Balaban J connectivity index is 1.05. The van der Waals surface area contributed by atoms with Gasteiger partial charge in [-0.2, -0.15) is 0 Å². The molecule has 0 unspecified atom stereocenters. The van der Waals surface area contributed by atoms with Crippen molar-refractivity contribution in [1.82, 2.24) is 15.0 Å². The van der Waals surface area contributed by atoms with Gasteiger partial charge >= 0.3 is 0 Å². The Morgan fingerprint density at radius 1 is 0.424 bits per heavy atom. The molecule has 59 heavy (non-hydrogen) atoms. The molecule has 11 aromatic rings. The molecule has 0 spiro atoms. The summed E-state index contributed by atoms with van der Waals surface area (Å²) in [6.07, 6.45) is 0. The molecule has 3 heterocycles. The Morgan fingerprint density at radius 2 is 1.05 bits per heavy atom. The molecule has 12 rings (SSSR count). The smallest absolute Gasteiger partial charge is 0.165 e. The van der Waals surface area contributed by atoms with Crippen LogP contribution in [0.2, 0.25) is 0 Å². The van der Waals surface area contributed by atoms with E-state index in [9.17, 15) is 0 Å². The van der Waals surface area contributed by atoms with Crippen molar-refractivity contribution in [3.63, 3.8) is 0 Å². The van der Waals surface area contributed by atoms with E-state index in [1.54, 1.807) is 11.3 Å². The van der Waals surface area contributed by atoms with Gasteiger partial charge in [-0.05, 0) is 80.9 Å². The van der Waals surface area contributed by atoms with E-state index in [-0.39, 0.29) is 5.41 Å². The molecule has 0 saturated heterocycles. The molecule has 4 nitrogen and oxygen atoms in total. The third kappa shape index (κ3) is 5.25. The predicted octanol–water partition coefficient (Wildman–Crippen LogP) is 14.8. The minimum Gasteiger partial charge on any atom is -0.456 e. The van der Waals surface area contributed by atoms with Crippen LogP contribution in [0, 0.1) is 0 Å². The first kappa shape index (κ1) is 33.9. The molecule has 0 bridgehead atoms. The molecule has 1 aliphatic rings. The average Bonchev–Trinajstić information content (AvgIpc) is 3.94. The maximum absolute atomic E-state index is 6.57. The van der Waals surface area contributed by atoms with Gasteiger partial charge in [0.25, 0.3) is 0 Å². The van der Waals surface area contributed by atoms with Gasteiger partial charge in [-0.25, -0.2) is 15.0 Å². The monoisotopic (exact) mass is 773 g/mol. The number of fused-ring (bicyclic) bond motifs is 9. The normalized spacial score (nSPS) is 13.1. The fourth-order valence-corrected chi connectivity index (χ4v) is 10.5. The number of hydrogen-bond acceptors (Lipinski definition) is 5. The van der Waals surface area contributed by atoms with E-state index in [0.717, 1.165) is 60.0 Å². The largest absolute Gasteiger partial charge is 0.456 e. The summed E-state index contributed by atoms with van der Waals surface area (Å²) in [5.74, 6) is 1.85. The summed E-state index contributed by atoms with van der Waals surface area (Å²) in [4.78, 5) is 15.8. The fraction of sp³-hybridized carbons (Fsp3) is 0.0556. The van der Waals surface area contributed by atoms with Crippen molar-refractivity contribution < 1.29 is 4.42 Å². The Hall–Kier alpha value is -7.21. The molecule has 1 aliphatic carbocycles. The molecule has 0 radical (unpaired) electrons. The van der Waals surface area contributed by atoms with E-state index < -0.39 is 0 Å². The molecule has 5 heteroatoms. The maximum Gasteiger partial charge on any atom is 0.165 e. The molecule has 0 atom stereocenters. The quantitative estimate of drug-likeness (QED) is 0.175. The molecule has 0 fully saturated rings. The summed E-state index contributed by atoms with van der Waals surface area (Å²) in [6, 6.07) is 62.3. The Kier molecular flexibility index (Phi) is 7.41. The number of hydrogen-bond donors (Lipinski definition) is 0. The van der Waals surface area contributed by atoms with Crippen LogP contribution in [0.5, 0.6) is 0 Å². The number of rotatable bonds is 5. The van der Waals surface area contributed by atoms with Crippen molar-refractivity contribution in [3.8, 4) is 67.5 Å². The Morgan fingerprint density at radius 3 is 1.95 bits per heavy atom. The Labute approximate surface area is 345 Å². The molecule has 0 aliphatic heterocycles. The van der Waals surface area contributed by atoms with Gasteiger partial charge in [0.05, 0.1) is 0 Å². The summed E-state index contributed by atoms with van der Waals surface area (Å²) in [6.45, 7) is 4.65. The van der Waals surface area contributed by atoms with Crippen LogP contribution in [0.3, 0.4) is 0 Å². The third-order valence-electron chi connectivity index (χ3n) is 12.2. The minimum atomic E-state index is -0.0881. The number of benzene rings is 8. The van der Waals surface area contributed by atoms with Crippen LogP contribution in [0.4, 0.5) is 0 Å². The van der Waals surface area contributed by atoms with Crippen molar-refractivity contribution in [2.45, 2.75) is 19.3 Å². The lowest BCUT2D eigenvalue weighted by Gasteiger charge is -2.21. The first-order chi connectivity index (χ1) is 29.0. The van der Waals surface area contributed by atoms with Gasteiger partial charge in [0, 0.05) is 53.1 Å². The van der Waals surface area contributed by atoms with Crippen molar-refractivity contribution >= 4 is 53.4 Å². The van der Waals surface area contributed by atoms with Crippen LogP contribution < -0.4 is 0 Å². The summed E-state index contributed by atoms with van der Waals surface area (Å²) < 4.78 is 8.97. The topological polar surface area (TPSA) is 51.8 Å². The number of nitrogens with zero attached hydrogens (tertiary/aromatic N) is 3. The maximum atomic E-state index is 6.57. The zero-order valence-corrected chi connectivity index (χ0v) is 33.2. The highest BCUT2D eigenvalue weighted by Gasteiger charge is 2.36. The zero-order valence-electron chi connectivity index (χ0n) is 32.4. The summed E-state index contributed by atoms with van der Waals surface area (Å²) >= 11 is 1.78. The van der Waals surface area contributed by atoms with E-state index in [2.05, 4.69) is 178 Å². The van der Waals surface area contributed by atoms with Crippen LogP contribution in [0.25, 0.3) is 110 Å². The SMILES string of the molecule is CC1(C)c2ccccc2-c2c(-c3cccc(-c4nc(-c5ccc6c(c5)oc5cccc(-c7ccccc7)c56)nc(-c5cccc6c5sc5ccccc56)n4)c3)cccc21. The molecular formula is C54H35N3OS. The minimum absolute atomic E-state index is 0.0881. The standard InChI is InChI=1S/C54H35N3OS/c1-54(2)43-24-8-6-19-40(43)48-37(20-12-25-44(48)54)33-16-10-17-34(30-33)51-55-52(57-53(56-51)42-23-11-22-39-38-18-7-9-27-47(38)59-50(39)42)35-28-29-41-46(31-35)58-45-26-13-21-36(49(41)45)32-14-4-3-5-15-32/h3-31H,1-2H3. The highest BCUT2D eigenvalue weighted by atomic mass is 32.1. The Bertz CT molecular complexity index is 3490. The van der Waals surface area contributed by atoms with Gasteiger partial charge in [0.15, 0.2) is 17.5 Å². The van der Waals surface area contributed by atoms with E-state index in [0.29, 0.717) is 17.5 Å². The van der Waals surface area contributed by atoms with Gasteiger partial charge in [-0.15, -0.1) is 11.3 Å². The molecule has 0 N–H and O–H groups in total. The highest BCUT2D eigenvalue weighted by molar-refractivity contribution is 7.26. The predicted molar refractivity (Wildman–Crippen MR) is 245 cm³/mol. The van der Waals surface area contributed by atoms with Crippen molar-refractivity contribution in [2.24, 2.45) is 0 Å². The van der Waals surface area contributed by atoms with Crippen molar-refractivity contribution in [2.75, 3.05) is 0 Å². The van der Waals surface area contributed by atoms with E-state index in [1.807, 2.05) is 12.1 Å². The number of thiophene rings is 1. The van der Waals surface area contributed by atoms with Crippen LogP contribution >= 0.6 is 11.3 Å². The summed E-state index contributed by atoms with van der Waals surface area (Å²) in [5.41, 5.74) is 14.3. The van der Waals surface area contributed by atoms with E-state index in [4.69, 9.17) is 19.4 Å². The second-order valence-electron chi connectivity index (χ2n) is 15.9. The lowest BCUT2D eigenvalue weighted by Crippen LogP contribution is -2.14. The van der Waals surface area contributed by atoms with Gasteiger partial charge in [-0.1, -0.05) is 153 Å². The van der Waals surface area contributed by atoms with Gasteiger partial charge in [0.1, 0.15) is 11.2 Å². The van der Waals surface area contributed by atoms with E-state index >= 15 is 0 Å². The van der Waals surface area contributed by atoms with Crippen LogP contribution in [0.15, 0.2) is 180 Å². The number of aromatic nitrogens is 3. The zero-order chi connectivity index (χ0) is 39.2. The first-order valence-electron chi connectivity index (χ1n) is 20.0. The van der Waals surface area contributed by atoms with Crippen LogP contribution in [-0.2, 0) is 5.41 Å². The molecule has 8 aromatic carbocycles. The highest BCUT2D eigenvalue weighted by Crippen LogP contribution is 2.52. The van der Waals surface area contributed by atoms with E-state index in [1.165, 1.54) is 43.3 Å². The number of furan rings is 1. The second-order valence-corrected chi connectivity index (χ2v) is 17.0. The molecule has 3 aromatic heterocycles. The second kappa shape index (κ2) is 12.9. The first-order valence-corrected chi connectivity index (χ1v) is 20.8.